The lowest BCUT2D eigenvalue weighted by atomic mass is 10.1. The molecule has 1 fully saturated rings. The maximum absolute atomic E-state index is 12.5. The van der Waals surface area contributed by atoms with Crippen LogP contribution in [0.5, 0.6) is 0 Å². The Morgan fingerprint density at radius 2 is 1.83 bits per heavy atom. The van der Waals surface area contributed by atoms with Gasteiger partial charge in [0.2, 0.25) is 5.91 Å². The molecule has 0 spiro atoms. The Labute approximate surface area is 144 Å². The largest absolute Gasteiger partial charge is 0.392 e. The number of amides is 1. The standard InChI is InChI=1S/C19H28N2O3/c1-15(2)7-8-20-9-10-21(13-18(23)12-20)19(24)11-16-3-5-17(14-22)6-4-16/h3-7,18,22-23H,8-14H2,1-2H3/t18-/m0/s1. The van der Waals surface area contributed by atoms with Crippen molar-refractivity contribution in [2.45, 2.75) is 33.0 Å². The highest BCUT2D eigenvalue weighted by Crippen LogP contribution is 2.10. The molecule has 1 heterocycles. The number of hydrogen-bond acceptors (Lipinski definition) is 4. The third kappa shape index (κ3) is 5.74. The van der Waals surface area contributed by atoms with Crippen LogP contribution in [-0.2, 0) is 17.8 Å². The van der Waals surface area contributed by atoms with E-state index in [0.717, 1.165) is 24.2 Å². The predicted octanol–water partition coefficient (Wildman–Crippen LogP) is 1.19. The first kappa shape index (κ1) is 18.6. The second-order valence-electron chi connectivity index (χ2n) is 6.69. The van der Waals surface area contributed by atoms with E-state index in [2.05, 4.69) is 24.8 Å². The smallest absolute Gasteiger partial charge is 0.227 e. The Morgan fingerprint density at radius 3 is 2.46 bits per heavy atom. The van der Waals surface area contributed by atoms with E-state index in [9.17, 15) is 9.90 Å². The van der Waals surface area contributed by atoms with E-state index in [1.54, 1.807) is 4.90 Å². The molecule has 0 unspecified atom stereocenters. The van der Waals surface area contributed by atoms with Crippen molar-refractivity contribution in [2.24, 2.45) is 0 Å². The van der Waals surface area contributed by atoms with Crippen molar-refractivity contribution < 1.29 is 15.0 Å². The van der Waals surface area contributed by atoms with Gasteiger partial charge in [0.05, 0.1) is 19.1 Å². The summed E-state index contributed by atoms with van der Waals surface area (Å²) in [4.78, 5) is 16.5. The highest BCUT2D eigenvalue weighted by Gasteiger charge is 2.23. The molecule has 5 heteroatoms. The van der Waals surface area contributed by atoms with Gasteiger partial charge in [-0.15, -0.1) is 0 Å². The van der Waals surface area contributed by atoms with E-state index < -0.39 is 6.10 Å². The Morgan fingerprint density at radius 1 is 1.17 bits per heavy atom. The monoisotopic (exact) mass is 332 g/mol. The summed E-state index contributed by atoms with van der Waals surface area (Å²) < 4.78 is 0. The summed E-state index contributed by atoms with van der Waals surface area (Å²) in [6.45, 7) is 7.34. The van der Waals surface area contributed by atoms with Crippen LogP contribution in [0.1, 0.15) is 25.0 Å². The molecular formula is C19H28N2O3. The van der Waals surface area contributed by atoms with Gasteiger partial charge in [0.1, 0.15) is 0 Å². The number of aliphatic hydroxyl groups is 2. The van der Waals surface area contributed by atoms with E-state index >= 15 is 0 Å². The summed E-state index contributed by atoms with van der Waals surface area (Å²) in [6.07, 6.45) is 1.96. The van der Waals surface area contributed by atoms with Crippen molar-refractivity contribution in [1.29, 1.82) is 0 Å². The maximum Gasteiger partial charge on any atom is 0.227 e. The van der Waals surface area contributed by atoms with Crippen LogP contribution in [0.3, 0.4) is 0 Å². The number of rotatable bonds is 5. The van der Waals surface area contributed by atoms with E-state index in [1.165, 1.54) is 5.57 Å². The molecule has 0 saturated carbocycles. The van der Waals surface area contributed by atoms with Crippen molar-refractivity contribution in [2.75, 3.05) is 32.7 Å². The number of aliphatic hydroxyl groups excluding tert-OH is 2. The Kier molecular flexibility index (Phi) is 6.97. The van der Waals surface area contributed by atoms with Crippen LogP contribution in [0.2, 0.25) is 0 Å². The molecule has 1 aliphatic heterocycles. The first-order valence-corrected chi connectivity index (χ1v) is 8.48. The Hall–Kier alpha value is -1.69. The predicted molar refractivity (Wildman–Crippen MR) is 94.5 cm³/mol. The average Bonchev–Trinajstić information content (AvgIpc) is 2.75. The molecule has 0 radical (unpaired) electrons. The molecule has 1 atom stereocenters. The molecule has 1 aliphatic rings. The third-order valence-corrected chi connectivity index (χ3v) is 4.26. The van der Waals surface area contributed by atoms with Gasteiger partial charge in [-0.2, -0.15) is 0 Å². The Bertz CT molecular complexity index is 564. The van der Waals surface area contributed by atoms with Crippen molar-refractivity contribution in [3.05, 3.63) is 47.0 Å². The molecule has 24 heavy (non-hydrogen) atoms. The molecule has 1 amide bonds. The number of carbonyl (C=O) groups is 1. The van der Waals surface area contributed by atoms with Gasteiger partial charge in [0.25, 0.3) is 0 Å². The van der Waals surface area contributed by atoms with Gasteiger partial charge in [-0.3, -0.25) is 9.69 Å². The summed E-state index contributed by atoms with van der Waals surface area (Å²) >= 11 is 0. The highest BCUT2D eigenvalue weighted by molar-refractivity contribution is 5.78. The molecule has 0 aliphatic carbocycles. The van der Waals surface area contributed by atoms with Crippen LogP contribution in [0.25, 0.3) is 0 Å². The lowest BCUT2D eigenvalue weighted by Gasteiger charge is -2.22. The number of benzene rings is 1. The van der Waals surface area contributed by atoms with Gasteiger partial charge in [0, 0.05) is 32.7 Å². The van der Waals surface area contributed by atoms with Gasteiger partial charge >= 0.3 is 0 Å². The van der Waals surface area contributed by atoms with Crippen molar-refractivity contribution in [3.63, 3.8) is 0 Å². The number of carbonyl (C=O) groups excluding carboxylic acids is 1. The molecule has 2 rings (SSSR count). The van der Waals surface area contributed by atoms with Gasteiger partial charge in [-0.25, -0.2) is 0 Å². The number of β-amino-alcohol motifs (C(OH)–C–C–N with tert-alkyl or cyclic N) is 1. The van der Waals surface area contributed by atoms with Crippen LogP contribution in [0.4, 0.5) is 0 Å². The zero-order chi connectivity index (χ0) is 17.5. The summed E-state index contributed by atoms with van der Waals surface area (Å²) in [5.41, 5.74) is 3.02. The van der Waals surface area contributed by atoms with Crippen LogP contribution in [0.15, 0.2) is 35.9 Å². The molecule has 1 saturated heterocycles. The fourth-order valence-corrected chi connectivity index (χ4v) is 2.81. The van der Waals surface area contributed by atoms with Gasteiger partial charge in [-0.1, -0.05) is 35.9 Å². The molecule has 5 nitrogen and oxygen atoms in total. The maximum atomic E-state index is 12.5. The summed E-state index contributed by atoms with van der Waals surface area (Å²) in [6, 6.07) is 7.42. The Balaban J connectivity index is 1.92. The first-order valence-electron chi connectivity index (χ1n) is 8.48. The highest BCUT2D eigenvalue weighted by atomic mass is 16.3. The van der Waals surface area contributed by atoms with Crippen LogP contribution < -0.4 is 0 Å². The van der Waals surface area contributed by atoms with Crippen molar-refractivity contribution >= 4 is 5.91 Å². The number of hydrogen-bond donors (Lipinski definition) is 2. The fraction of sp³-hybridized carbons (Fsp3) is 0.526. The minimum absolute atomic E-state index is 0.00800. The van der Waals surface area contributed by atoms with E-state index in [4.69, 9.17) is 5.11 Å². The lowest BCUT2D eigenvalue weighted by molar-refractivity contribution is -0.131. The van der Waals surface area contributed by atoms with Crippen LogP contribution in [0, 0.1) is 0 Å². The summed E-state index contributed by atoms with van der Waals surface area (Å²) in [5.74, 6) is 0.0369. The minimum atomic E-state index is -0.515. The van der Waals surface area contributed by atoms with E-state index in [0.29, 0.717) is 26.1 Å². The molecular weight excluding hydrogens is 304 g/mol. The van der Waals surface area contributed by atoms with E-state index in [-0.39, 0.29) is 12.5 Å². The summed E-state index contributed by atoms with van der Waals surface area (Å²) in [7, 11) is 0. The minimum Gasteiger partial charge on any atom is -0.392 e. The molecule has 0 aromatic heterocycles. The van der Waals surface area contributed by atoms with E-state index in [1.807, 2.05) is 24.3 Å². The topological polar surface area (TPSA) is 64.0 Å². The molecule has 1 aromatic rings. The van der Waals surface area contributed by atoms with Gasteiger partial charge in [0.15, 0.2) is 0 Å². The quantitative estimate of drug-likeness (QED) is 0.795. The van der Waals surface area contributed by atoms with Gasteiger partial charge in [-0.05, 0) is 25.0 Å². The number of nitrogens with zero attached hydrogens (tertiary/aromatic N) is 2. The van der Waals surface area contributed by atoms with Crippen LogP contribution >= 0.6 is 0 Å². The summed E-state index contributed by atoms with van der Waals surface area (Å²) in [5, 5.41) is 19.3. The second-order valence-corrected chi connectivity index (χ2v) is 6.69. The second kappa shape index (κ2) is 8.97. The first-order chi connectivity index (χ1) is 11.5. The zero-order valence-electron chi connectivity index (χ0n) is 14.6. The van der Waals surface area contributed by atoms with Crippen molar-refractivity contribution in [1.82, 2.24) is 9.80 Å². The fourth-order valence-electron chi connectivity index (χ4n) is 2.81. The molecule has 2 N–H and O–H groups in total. The average molecular weight is 332 g/mol. The normalized spacial score (nSPS) is 19.0. The molecule has 132 valence electrons. The number of allylic oxidation sites excluding steroid dienone is 1. The molecule has 0 bridgehead atoms. The van der Waals surface area contributed by atoms with Crippen molar-refractivity contribution in [3.8, 4) is 0 Å². The third-order valence-electron chi connectivity index (χ3n) is 4.26. The SMILES string of the molecule is CC(C)=CCN1CCN(C(=O)Cc2ccc(CO)cc2)C[C@@H](O)C1. The zero-order valence-corrected chi connectivity index (χ0v) is 14.6. The lowest BCUT2D eigenvalue weighted by Crippen LogP contribution is -2.38. The van der Waals surface area contributed by atoms with Crippen LogP contribution in [-0.4, -0.2) is 64.7 Å². The molecule has 1 aromatic carbocycles. The van der Waals surface area contributed by atoms with Gasteiger partial charge < -0.3 is 15.1 Å².